The van der Waals surface area contributed by atoms with Gasteiger partial charge in [-0.05, 0) is 31.6 Å². The molecule has 0 bridgehead atoms. The average Bonchev–Trinajstić information content (AvgIpc) is 2.86. The van der Waals surface area contributed by atoms with E-state index in [2.05, 4.69) is 0 Å². The van der Waals surface area contributed by atoms with Gasteiger partial charge in [0.05, 0.1) is 25.4 Å². The maximum absolute atomic E-state index is 9.50. The van der Waals surface area contributed by atoms with Gasteiger partial charge in [-0.15, -0.1) is 0 Å². The van der Waals surface area contributed by atoms with Crippen molar-refractivity contribution in [1.82, 2.24) is 0 Å². The highest BCUT2D eigenvalue weighted by Crippen LogP contribution is 2.32. The number of rotatable bonds is 5. The van der Waals surface area contributed by atoms with Crippen LogP contribution in [0.2, 0.25) is 0 Å². The fourth-order valence-corrected chi connectivity index (χ4v) is 1.71. The van der Waals surface area contributed by atoms with E-state index < -0.39 is 0 Å². The average molecular weight is 186 g/mol. The molecule has 1 aliphatic heterocycles. The number of aliphatic hydroxyl groups is 1. The second-order valence-corrected chi connectivity index (χ2v) is 4.08. The molecule has 13 heavy (non-hydrogen) atoms. The van der Waals surface area contributed by atoms with Crippen molar-refractivity contribution in [3.63, 3.8) is 0 Å². The Labute approximate surface area is 79.0 Å². The largest absolute Gasteiger partial charge is 0.390 e. The minimum atomic E-state index is -0.235. The van der Waals surface area contributed by atoms with Crippen LogP contribution in [0.25, 0.3) is 0 Å². The van der Waals surface area contributed by atoms with Gasteiger partial charge >= 0.3 is 0 Å². The molecule has 2 fully saturated rings. The summed E-state index contributed by atoms with van der Waals surface area (Å²) in [5.74, 6) is 0.518. The molecule has 3 nitrogen and oxygen atoms in total. The van der Waals surface area contributed by atoms with Crippen molar-refractivity contribution in [2.75, 3.05) is 19.8 Å². The van der Waals surface area contributed by atoms with Crippen LogP contribution in [0.1, 0.15) is 25.7 Å². The highest BCUT2D eigenvalue weighted by atomic mass is 16.5. The van der Waals surface area contributed by atoms with Crippen molar-refractivity contribution >= 4 is 0 Å². The highest BCUT2D eigenvalue weighted by Gasteiger charge is 2.29. The molecule has 1 saturated heterocycles. The zero-order valence-electron chi connectivity index (χ0n) is 7.95. The molecule has 76 valence electrons. The summed E-state index contributed by atoms with van der Waals surface area (Å²) < 4.78 is 10.8. The van der Waals surface area contributed by atoms with Gasteiger partial charge in [-0.25, -0.2) is 0 Å². The van der Waals surface area contributed by atoms with Crippen LogP contribution in [-0.4, -0.2) is 37.1 Å². The van der Waals surface area contributed by atoms with Gasteiger partial charge in [-0.1, -0.05) is 0 Å². The van der Waals surface area contributed by atoms with E-state index in [1.807, 2.05) is 0 Å². The Bertz CT molecular complexity index is 148. The van der Waals surface area contributed by atoms with Crippen LogP contribution < -0.4 is 0 Å². The number of ether oxygens (including phenoxy) is 2. The first-order valence-corrected chi connectivity index (χ1v) is 5.23. The van der Waals surface area contributed by atoms with E-state index in [-0.39, 0.29) is 12.2 Å². The molecule has 0 aromatic carbocycles. The lowest BCUT2D eigenvalue weighted by atomic mass is 10.2. The summed E-state index contributed by atoms with van der Waals surface area (Å²) in [6, 6.07) is 0. The van der Waals surface area contributed by atoms with Crippen molar-refractivity contribution in [3.8, 4) is 0 Å². The number of aliphatic hydroxyl groups excluding tert-OH is 1. The Morgan fingerprint density at radius 2 is 2.23 bits per heavy atom. The number of hydrogen-bond donors (Lipinski definition) is 1. The van der Waals surface area contributed by atoms with E-state index in [4.69, 9.17) is 9.47 Å². The molecule has 3 heteroatoms. The van der Waals surface area contributed by atoms with Gasteiger partial charge in [0.25, 0.3) is 0 Å². The van der Waals surface area contributed by atoms with Crippen LogP contribution in [0.4, 0.5) is 0 Å². The SMILES string of the molecule is OC(COCC1CCCO1)C1CC1. The third-order valence-electron chi connectivity index (χ3n) is 2.78. The molecular weight excluding hydrogens is 168 g/mol. The summed E-state index contributed by atoms with van der Waals surface area (Å²) in [5, 5.41) is 9.50. The van der Waals surface area contributed by atoms with E-state index in [9.17, 15) is 5.11 Å². The van der Waals surface area contributed by atoms with Crippen LogP contribution in [0, 0.1) is 5.92 Å². The fraction of sp³-hybridized carbons (Fsp3) is 1.00. The molecule has 0 aromatic rings. The van der Waals surface area contributed by atoms with Crippen LogP contribution in [0.3, 0.4) is 0 Å². The van der Waals surface area contributed by atoms with E-state index in [1.54, 1.807) is 0 Å². The Morgan fingerprint density at radius 3 is 2.85 bits per heavy atom. The van der Waals surface area contributed by atoms with E-state index >= 15 is 0 Å². The van der Waals surface area contributed by atoms with Crippen molar-refractivity contribution < 1.29 is 14.6 Å². The minimum Gasteiger partial charge on any atom is -0.390 e. The molecule has 1 saturated carbocycles. The van der Waals surface area contributed by atoms with Crippen LogP contribution in [0.15, 0.2) is 0 Å². The van der Waals surface area contributed by atoms with Gasteiger partial charge in [0.1, 0.15) is 0 Å². The first-order chi connectivity index (χ1) is 6.36. The molecule has 2 unspecified atom stereocenters. The summed E-state index contributed by atoms with van der Waals surface area (Å²) in [6.07, 6.45) is 4.65. The second-order valence-electron chi connectivity index (χ2n) is 4.08. The van der Waals surface area contributed by atoms with Crippen LogP contribution in [-0.2, 0) is 9.47 Å². The molecule has 0 amide bonds. The molecule has 1 N–H and O–H groups in total. The van der Waals surface area contributed by atoms with E-state index in [1.165, 1.54) is 12.8 Å². The van der Waals surface area contributed by atoms with Gasteiger partial charge in [0.2, 0.25) is 0 Å². The monoisotopic (exact) mass is 186 g/mol. The van der Waals surface area contributed by atoms with Crippen molar-refractivity contribution in [2.45, 2.75) is 37.9 Å². The lowest BCUT2D eigenvalue weighted by Crippen LogP contribution is -2.22. The molecule has 1 aliphatic carbocycles. The van der Waals surface area contributed by atoms with Crippen LogP contribution in [0.5, 0.6) is 0 Å². The third kappa shape index (κ3) is 2.93. The lowest BCUT2D eigenvalue weighted by molar-refractivity contribution is -0.0222. The molecule has 2 rings (SSSR count). The molecule has 0 aromatic heterocycles. The Balaban J connectivity index is 1.52. The smallest absolute Gasteiger partial charge is 0.0809 e. The molecule has 2 aliphatic rings. The molecule has 0 spiro atoms. The lowest BCUT2D eigenvalue weighted by Gasteiger charge is -2.13. The zero-order valence-corrected chi connectivity index (χ0v) is 7.95. The Kier molecular flexibility index (Phi) is 3.19. The highest BCUT2D eigenvalue weighted by molar-refractivity contribution is 4.80. The fourth-order valence-electron chi connectivity index (χ4n) is 1.71. The van der Waals surface area contributed by atoms with Gasteiger partial charge < -0.3 is 14.6 Å². The summed E-state index contributed by atoms with van der Waals surface area (Å²) in [6.45, 7) is 2.02. The zero-order chi connectivity index (χ0) is 9.10. The van der Waals surface area contributed by atoms with Crippen molar-refractivity contribution in [2.24, 2.45) is 5.92 Å². The second kappa shape index (κ2) is 4.40. The first-order valence-electron chi connectivity index (χ1n) is 5.23. The van der Waals surface area contributed by atoms with Crippen molar-refractivity contribution in [1.29, 1.82) is 0 Å². The van der Waals surface area contributed by atoms with Crippen LogP contribution >= 0.6 is 0 Å². The molecule has 2 atom stereocenters. The minimum absolute atomic E-state index is 0.235. The van der Waals surface area contributed by atoms with E-state index in [0.717, 1.165) is 19.4 Å². The van der Waals surface area contributed by atoms with Crippen molar-refractivity contribution in [3.05, 3.63) is 0 Å². The summed E-state index contributed by atoms with van der Waals surface area (Å²) in [5.41, 5.74) is 0. The Morgan fingerprint density at radius 1 is 1.38 bits per heavy atom. The topological polar surface area (TPSA) is 38.7 Å². The first kappa shape index (κ1) is 9.44. The summed E-state index contributed by atoms with van der Waals surface area (Å²) in [4.78, 5) is 0. The maximum atomic E-state index is 9.50. The predicted octanol–water partition coefficient (Wildman–Crippen LogP) is 0.953. The molecular formula is C10H18O3. The standard InChI is InChI=1S/C10H18O3/c11-10(8-3-4-8)7-12-6-9-2-1-5-13-9/h8-11H,1-7H2. The number of hydrogen-bond acceptors (Lipinski definition) is 3. The normalized spacial score (nSPS) is 30.7. The third-order valence-corrected chi connectivity index (χ3v) is 2.78. The van der Waals surface area contributed by atoms with Gasteiger partial charge in [0.15, 0.2) is 0 Å². The van der Waals surface area contributed by atoms with Gasteiger partial charge in [-0.3, -0.25) is 0 Å². The molecule has 0 radical (unpaired) electrons. The summed E-state index contributed by atoms with van der Waals surface area (Å²) >= 11 is 0. The quantitative estimate of drug-likeness (QED) is 0.695. The Hall–Kier alpha value is -0.120. The predicted molar refractivity (Wildman–Crippen MR) is 48.5 cm³/mol. The van der Waals surface area contributed by atoms with Gasteiger partial charge in [-0.2, -0.15) is 0 Å². The maximum Gasteiger partial charge on any atom is 0.0809 e. The molecule has 1 heterocycles. The van der Waals surface area contributed by atoms with Gasteiger partial charge in [0, 0.05) is 6.61 Å². The van der Waals surface area contributed by atoms with E-state index in [0.29, 0.717) is 19.1 Å². The summed E-state index contributed by atoms with van der Waals surface area (Å²) in [7, 11) is 0.